The molecule has 2 aliphatic heterocycles. The zero-order valence-electron chi connectivity index (χ0n) is 16.6. The maximum Gasteiger partial charge on any atom is 0.236 e. The zero-order valence-corrected chi connectivity index (χ0v) is 17.4. The van der Waals surface area contributed by atoms with Crippen LogP contribution in [0.3, 0.4) is 0 Å². The number of piperazine rings is 1. The van der Waals surface area contributed by atoms with Crippen LogP contribution in [-0.4, -0.2) is 87.0 Å². The van der Waals surface area contributed by atoms with Crippen molar-refractivity contribution in [3.05, 3.63) is 35.9 Å². The van der Waals surface area contributed by atoms with Crippen LogP contribution >= 0.6 is 0 Å². The van der Waals surface area contributed by atoms with E-state index in [1.807, 2.05) is 37.3 Å². The number of hydrogen-bond donors (Lipinski definition) is 0. The van der Waals surface area contributed by atoms with Crippen LogP contribution < -0.4 is 0 Å². The van der Waals surface area contributed by atoms with Crippen LogP contribution in [0, 0.1) is 0 Å². The molecule has 1 aromatic carbocycles. The van der Waals surface area contributed by atoms with E-state index in [1.54, 1.807) is 4.90 Å². The summed E-state index contributed by atoms with van der Waals surface area (Å²) in [6.07, 6.45) is 2.24. The largest absolute Gasteiger partial charge is 0.378 e. The molecule has 7 nitrogen and oxygen atoms in total. The Hall–Kier alpha value is -1.48. The molecule has 0 spiro atoms. The van der Waals surface area contributed by atoms with E-state index in [-0.39, 0.29) is 11.7 Å². The summed E-state index contributed by atoms with van der Waals surface area (Å²) in [6, 6.07) is 9.22. The molecule has 0 bridgehead atoms. The van der Waals surface area contributed by atoms with Gasteiger partial charge in [0.1, 0.15) is 0 Å². The molecule has 0 saturated carbocycles. The zero-order chi connectivity index (χ0) is 20.0. The molecule has 3 rings (SSSR count). The standard InChI is InChI=1S/C20H31N3O4S/c1-2-27-19-8-10-21(11-9-19)16-20(24)22-12-14-23(15-13-22)28(25,26)17-18-6-4-3-5-7-18/h3-7,19H,2,8-17H2,1H3. The number of hydrogen-bond acceptors (Lipinski definition) is 5. The monoisotopic (exact) mass is 409 g/mol. The van der Waals surface area contributed by atoms with Crippen LogP contribution in [-0.2, 0) is 25.3 Å². The van der Waals surface area contributed by atoms with Crippen LogP contribution in [0.5, 0.6) is 0 Å². The second kappa shape index (κ2) is 9.82. The first-order valence-electron chi connectivity index (χ1n) is 10.1. The third-order valence-corrected chi connectivity index (χ3v) is 7.32. The number of nitrogens with zero attached hydrogens (tertiary/aromatic N) is 3. The molecule has 0 aliphatic carbocycles. The van der Waals surface area contributed by atoms with E-state index in [9.17, 15) is 13.2 Å². The Morgan fingerprint density at radius 3 is 2.29 bits per heavy atom. The van der Waals surface area contributed by atoms with Gasteiger partial charge in [0, 0.05) is 45.9 Å². The molecular formula is C20H31N3O4S. The van der Waals surface area contributed by atoms with E-state index in [2.05, 4.69) is 4.90 Å². The van der Waals surface area contributed by atoms with Gasteiger partial charge in [-0.05, 0) is 25.3 Å². The number of amides is 1. The molecule has 0 radical (unpaired) electrons. The van der Waals surface area contributed by atoms with Crippen molar-refractivity contribution < 1.29 is 17.9 Å². The first kappa shape index (κ1) is 21.2. The number of carbonyl (C=O) groups excluding carboxylic acids is 1. The molecule has 0 N–H and O–H groups in total. The molecule has 2 saturated heterocycles. The fraction of sp³-hybridized carbons (Fsp3) is 0.650. The van der Waals surface area contributed by atoms with Crippen LogP contribution in [0.2, 0.25) is 0 Å². The summed E-state index contributed by atoms with van der Waals surface area (Å²) in [5.74, 6) is 0.103. The number of rotatable bonds is 7. The summed E-state index contributed by atoms with van der Waals surface area (Å²) in [6.45, 7) is 6.57. The topological polar surface area (TPSA) is 70.2 Å². The summed E-state index contributed by atoms with van der Waals surface area (Å²) in [5.41, 5.74) is 0.788. The Kier molecular flexibility index (Phi) is 7.45. The van der Waals surface area contributed by atoms with Crippen LogP contribution in [0.1, 0.15) is 25.3 Å². The Morgan fingerprint density at radius 1 is 1.04 bits per heavy atom. The van der Waals surface area contributed by atoms with Crippen molar-refractivity contribution in [2.75, 3.05) is 52.4 Å². The number of carbonyl (C=O) groups is 1. The number of likely N-dealkylation sites (tertiary alicyclic amines) is 1. The Labute approximate surface area is 168 Å². The van der Waals surface area contributed by atoms with E-state index in [0.717, 1.165) is 38.1 Å². The maximum absolute atomic E-state index is 12.6. The minimum atomic E-state index is -3.35. The highest BCUT2D eigenvalue weighted by Gasteiger charge is 2.30. The van der Waals surface area contributed by atoms with E-state index < -0.39 is 10.0 Å². The van der Waals surface area contributed by atoms with Crippen molar-refractivity contribution in [3.63, 3.8) is 0 Å². The highest BCUT2D eigenvalue weighted by molar-refractivity contribution is 7.88. The quantitative estimate of drug-likeness (QED) is 0.676. The lowest BCUT2D eigenvalue weighted by Crippen LogP contribution is -2.53. The van der Waals surface area contributed by atoms with Gasteiger partial charge < -0.3 is 9.64 Å². The molecule has 0 aromatic heterocycles. The van der Waals surface area contributed by atoms with Gasteiger partial charge in [-0.25, -0.2) is 8.42 Å². The van der Waals surface area contributed by atoms with Gasteiger partial charge in [-0.15, -0.1) is 0 Å². The second-order valence-electron chi connectivity index (χ2n) is 7.45. The SMILES string of the molecule is CCOC1CCN(CC(=O)N2CCN(S(=O)(=O)Cc3ccccc3)CC2)CC1. The van der Waals surface area contributed by atoms with Gasteiger partial charge in [0.2, 0.25) is 15.9 Å². The molecule has 1 aromatic rings. The molecule has 0 unspecified atom stereocenters. The molecular weight excluding hydrogens is 378 g/mol. The number of benzene rings is 1. The number of sulfonamides is 1. The molecule has 28 heavy (non-hydrogen) atoms. The van der Waals surface area contributed by atoms with E-state index in [1.165, 1.54) is 4.31 Å². The molecule has 0 atom stereocenters. The normalized spacial score (nSPS) is 20.4. The maximum atomic E-state index is 12.6. The summed E-state index contributed by atoms with van der Waals surface area (Å²) >= 11 is 0. The lowest BCUT2D eigenvalue weighted by atomic mass is 10.1. The van der Waals surface area contributed by atoms with Gasteiger partial charge >= 0.3 is 0 Å². The Bertz CT molecular complexity index is 725. The first-order valence-corrected chi connectivity index (χ1v) is 11.7. The summed E-state index contributed by atoms with van der Waals surface area (Å²) in [5, 5.41) is 0. The summed E-state index contributed by atoms with van der Waals surface area (Å²) in [4.78, 5) is 16.6. The third kappa shape index (κ3) is 5.76. The first-order chi connectivity index (χ1) is 13.5. The lowest BCUT2D eigenvalue weighted by molar-refractivity contribution is -0.134. The van der Waals surface area contributed by atoms with Crippen molar-refractivity contribution in [1.29, 1.82) is 0 Å². The number of piperidine rings is 1. The average Bonchev–Trinajstić information content (AvgIpc) is 2.70. The van der Waals surface area contributed by atoms with Gasteiger partial charge in [0.15, 0.2) is 0 Å². The van der Waals surface area contributed by atoms with Gasteiger partial charge in [0.05, 0.1) is 18.4 Å². The lowest BCUT2D eigenvalue weighted by Gasteiger charge is -2.36. The predicted octanol–water partition coefficient (Wildman–Crippen LogP) is 1.16. The van der Waals surface area contributed by atoms with Crippen molar-refractivity contribution in [2.45, 2.75) is 31.6 Å². The minimum Gasteiger partial charge on any atom is -0.378 e. The van der Waals surface area contributed by atoms with E-state index >= 15 is 0 Å². The summed E-state index contributed by atoms with van der Waals surface area (Å²) in [7, 11) is -3.35. The molecule has 2 fully saturated rings. The van der Waals surface area contributed by atoms with Crippen LogP contribution in [0.25, 0.3) is 0 Å². The van der Waals surface area contributed by atoms with Crippen LogP contribution in [0.4, 0.5) is 0 Å². The molecule has 1 amide bonds. The second-order valence-corrected chi connectivity index (χ2v) is 9.42. The Balaban J connectivity index is 1.44. The van der Waals surface area contributed by atoms with Gasteiger partial charge in [-0.2, -0.15) is 4.31 Å². The highest BCUT2D eigenvalue weighted by Crippen LogP contribution is 2.16. The van der Waals surface area contributed by atoms with Crippen molar-refractivity contribution in [1.82, 2.24) is 14.1 Å². The van der Waals surface area contributed by atoms with Crippen molar-refractivity contribution in [2.24, 2.45) is 0 Å². The van der Waals surface area contributed by atoms with Crippen molar-refractivity contribution >= 4 is 15.9 Å². The third-order valence-electron chi connectivity index (χ3n) is 5.47. The van der Waals surface area contributed by atoms with Crippen molar-refractivity contribution in [3.8, 4) is 0 Å². The molecule has 2 heterocycles. The summed E-state index contributed by atoms with van der Waals surface area (Å²) < 4.78 is 32.4. The highest BCUT2D eigenvalue weighted by atomic mass is 32.2. The minimum absolute atomic E-state index is 0.0105. The number of ether oxygens (including phenoxy) is 1. The fourth-order valence-corrected chi connectivity index (χ4v) is 5.37. The van der Waals surface area contributed by atoms with Gasteiger partial charge in [-0.1, -0.05) is 30.3 Å². The average molecular weight is 410 g/mol. The van der Waals surface area contributed by atoms with Gasteiger partial charge in [0.25, 0.3) is 0 Å². The smallest absolute Gasteiger partial charge is 0.236 e. The van der Waals surface area contributed by atoms with Gasteiger partial charge in [-0.3, -0.25) is 9.69 Å². The van der Waals surface area contributed by atoms with Crippen LogP contribution in [0.15, 0.2) is 30.3 Å². The molecule has 2 aliphatic rings. The Morgan fingerprint density at radius 2 is 1.68 bits per heavy atom. The fourth-order valence-electron chi connectivity index (χ4n) is 3.85. The molecule has 8 heteroatoms. The van der Waals surface area contributed by atoms with E-state index in [0.29, 0.717) is 38.8 Å². The molecule has 156 valence electrons. The van der Waals surface area contributed by atoms with E-state index in [4.69, 9.17) is 4.74 Å². The predicted molar refractivity (Wildman–Crippen MR) is 108 cm³/mol.